The quantitative estimate of drug-likeness (QED) is 0.797. The zero-order valence-corrected chi connectivity index (χ0v) is 9.23. The van der Waals surface area contributed by atoms with E-state index in [0.717, 1.165) is 11.4 Å². The van der Waals surface area contributed by atoms with Gasteiger partial charge in [-0.2, -0.15) is 5.10 Å². The van der Waals surface area contributed by atoms with Crippen LogP contribution in [-0.4, -0.2) is 27.3 Å². The van der Waals surface area contributed by atoms with Crippen molar-refractivity contribution in [3.63, 3.8) is 0 Å². The van der Waals surface area contributed by atoms with Gasteiger partial charge in [0.15, 0.2) is 0 Å². The fourth-order valence-electron chi connectivity index (χ4n) is 1.49. The van der Waals surface area contributed by atoms with E-state index in [2.05, 4.69) is 10.2 Å². The molecule has 0 aliphatic rings. The Morgan fingerprint density at radius 2 is 2.44 bits per heavy atom. The number of ether oxygens (including phenoxy) is 1. The number of hydrogen-bond donors (Lipinski definition) is 1. The maximum atomic E-state index is 11.4. The predicted octanol–water partition coefficient (Wildman–Crippen LogP) is 1.59. The zero-order chi connectivity index (χ0) is 11.5. The number of aromatic amines is 1. The first kappa shape index (κ1) is 10.5. The minimum absolute atomic E-state index is 0.358. The summed E-state index contributed by atoms with van der Waals surface area (Å²) in [5, 5.41) is 6.74. The molecule has 1 N–H and O–H groups in total. The van der Waals surface area contributed by atoms with Gasteiger partial charge in [-0.1, -0.05) is 0 Å². The Balaban J connectivity index is 2.26. The molecule has 16 heavy (non-hydrogen) atoms. The summed E-state index contributed by atoms with van der Waals surface area (Å²) in [7, 11) is 1.92. The van der Waals surface area contributed by atoms with E-state index >= 15 is 0 Å². The second-order valence-electron chi connectivity index (χ2n) is 3.39. The number of H-pyrrole nitrogens is 1. The van der Waals surface area contributed by atoms with Crippen molar-refractivity contribution in [2.75, 3.05) is 6.61 Å². The van der Waals surface area contributed by atoms with Crippen molar-refractivity contribution in [1.82, 2.24) is 14.8 Å². The van der Waals surface area contributed by atoms with E-state index in [4.69, 9.17) is 4.74 Å². The third-order valence-corrected chi connectivity index (χ3v) is 2.28. The Bertz CT molecular complexity index is 499. The summed E-state index contributed by atoms with van der Waals surface area (Å²) in [6, 6.07) is 5.55. The standard InChI is InChI=1S/C11H13N3O2/c1-3-16-11(15)9-7-8(12-13-9)10-5-4-6-14(10)2/h4-7H,3H2,1-2H3,(H,12,13). The number of hydrogen-bond acceptors (Lipinski definition) is 3. The van der Waals surface area contributed by atoms with Gasteiger partial charge in [-0.25, -0.2) is 4.79 Å². The summed E-state index contributed by atoms with van der Waals surface area (Å²) in [6.07, 6.45) is 1.92. The Hall–Kier alpha value is -2.04. The molecule has 0 saturated carbocycles. The zero-order valence-electron chi connectivity index (χ0n) is 9.23. The highest BCUT2D eigenvalue weighted by Crippen LogP contribution is 2.17. The van der Waals surface area contributed by atoms with E-state index in [9.17, 15) is 4.79 Å². The third-order valence-electron chi connectivity index (χ3n) is 2.28. The summed E-state index contributed by atoms with van der Waals surface area (Å²) in [6.45, 7) is 2.13. The molecule has 0 fully saturated rings. The summed E-state index contributed by atoms with van der Waals surface area (Å²) < 4.78 is 6.81. The van der Waals surface area contributed by atoms with Crippen LogP contribution in [0, 0.1) is 0 Å². The number of rotatable bonds is 3. The van der Waals surface area contributed by atoms with Crippen molar-refractivity contribution in [3.05, 3.63) is 30.1 Å². The van der Waals surface area contributed by atoms with Crippen LogP contribution in [0.5, 0.6) is 0 Å². The Morgan fingerprint density at radius 3 is 3.06 bits per heavy atom. The number of nitrogens with zero attached hydrogens (tertiary/aromatic N) is 2. The molecule has 0 spiro atoms. The van der Waals surface area contributed by atoms with E-state index < -0.39 is 0 Å². The van der Waals surface area contributed by atoms with Gasteiger partial charge < -0.3 is 9.30 Å². The van der Waals surface area contributed by atoms with E-state index in [1.54, 1.807) is 13.0 Å². The van der Waals surface area contributed by atoms with Gasteiger partial charge in [0.05, 0.1) is 12.3 Å². The molecule has 0 saturated heterocycles. The molecule has 0 atom stereocenters. The summed E-state index contributed by atoms with van der Waals surface area (Å²) in [5.74, 6) is -0.379. The van der Waals surface area contributed by atoms with Gasteiger partial charge in [-0.05, 0) is 19.1 Å². The van der Waals surface area contributed by atoms with Crippen LogP contribution in [0.15, 0.2) is 24.4 Å². The number of esters is 1. The molecule has 2 aromatic rings. The Labute approximate surface area is 93.0 Å². The van der Waals surface area contributed by atoms with Crippen LogP contribution in [0.1, 0.15) is 17.4 Å². The van der Waals surface area contributed by atoms with E-state index in [-0.39, 0.29) is 5.97 Å². The number of carbonyl (C=O) groups is 1. The first-order valence-electron chi connectivity index (χ1n) is 5.06. The van der Waals surface area contributed by atoms with Crippen molar-refractivity contribution in [1.29, 1.82) is 0 Å². The minimum Gasteiger partial charge on any atom is -0.461 e. The molecular weight excluding hydrogens is 206 g/mol. The van der Waals surface area contributed by atoms with Gasteiger partial charge in [0, 0.05) is 19.3 Å². The molecule has 2 rings (SSSR count). The van der Waals surface area contributed by atoms with Crippen molar-refractivity contribution >= 4 is 5.97 Å². The molecular formula is C11H13N3O2. The van der Waals surface area contributed by atoms with Crippen LogP contribution in [-0.2, 0) is 11.8 Å². The smallest absolute Gasteiger partial charge is 0.356 e. The van der Waals surface area contributed by atoms with Gasteiger partial charge >= 0.3 is 5.97 Å². The second-order valence-corrected chi connectivity index (χ2v) is 3.39. The van der Waals surface area contributed by atoms with E-state index in [1.807, 2.05) is 29.9 Å². The molecule has 0 bridgehead atoms. The lowest BCUT2D eigenvalue weighted by molar-refractivity contribution is 0.0519. The average molecular weight is 219 g/mol. The molecule has 0 radical (unpaired) electrons. The van der Waals surface area contributed by atoms with Crippen LogP contribution in [0.25, 0.3) is 11.4 Å². The molecule has 84 valence electrons. The molecule has 0 unspecified atom stereocenters. The van der Waals surface area contributed by atoms with Gasteiger partial charge in [0.2, 0.25) is 0 Å². The lowest BCUT2D eigenvalue weighted by Gasteiger charge is -1.97. The minimum atomic E-state index is -0.379. The van der Waals surface area contributed by atoms with Crippen molar-refractivity contribution < 1.29 is 9.53 Å². The monoisotopic (exact) mass is 219 g/mol. The topological polar surface area (TPSA) is 59.9 Å². The maximum Gasteiger partial charge on any atom is 0.356 e. The lowest BCUT2D eigenvalue weighted by atomic mass is 10.3. The van der Waals surface area contributed by atoms with Crippen LogP contribution in [0.3, 0.4) is 0 Å². The lowest BCUT2D eigenvalue weighted by Crippen LogP contribution is -2.04. The first-order valence-corrected chi connectivity index (χ1v) is 5.06. The van der Waals surface area contributed by atoms with Gasteiger partial charge in [0.25, 0.3) is 0 Å². The summed E-state index contributed by atoms with van der Waals surface area (Å²) >= 11 is 0. The fraction of sp³-hybridized carbons (Fsp3) is 0.273. The van der Waals surface area contributed by atoms with Gasteiger partial charge in [-0.3, -0.25) is 5.10 Å². The number of nitrogens with one attached hydrogen (secondary N) is 1. The van der Waals surface area contributed by atoms with Gasteiger partial charge in [-0.15, -0.1) is 0 Å². The van der Waals surface area contributed by atoms with Gasteiger partial charge in [0.1, 0.15) is 11.4 Å². The first-order chi connectivity index (χ1) is 7.72. The number of aromatic nitrogens is 3. The van der Waals surface area contributed by atoms with Crippen molar-refractivity contribution in [2.45, 2.75) is 6.92 Å². The highest BCUT2D eigenvalue weighted by molar-refractivity contribution is 5.88. The highest BCUT2D eigenvalue weighted by atomic mass is 16.5. The van der Waals surface area contributed by atoms with Crippen molar-refractivity contribution in [2.24, 2.45) is 7.05 Å². The highest BCUT2D eigenvalue weighted by Gasteiger charge is 2.12. The van der Waals surface area contributed by atoms with Crippen LogP contribution in [0.2, 0.25) is 0 Å². The SMILES string of the molecule is CCOC(=O)c1cc(-c2cccn2C)n[nH]1. The van der Waals surface area contributed by atoms with Crippen LogP contribution in [0.4, 0.5) is 0 Å². The molecule has 0 amide bonds. The predicted molar refractivity (Wildman–Crippen MR) is 59.0 cm³/mol. The van der Waals surface area contributed by atoms with E-state index in [0.29, 0.717) is 12.3 Å². The maximum absolute atomic E-state index is 11.4. The van der Waals surface area contributed by atoms with E-state index in [1.165, 1.54) is 0 Å². The van der Waals surface area contributed by atoms with Crippen molar-refractivity contribution in [3.8, 4) is 11.4 Å². The molecule has 2 heterocycles. The average Bonchev–Trinajstić information content (AvgIpc) is 2.86. The second kappa shape index (κ2) is 4.22. The Kier molecular flexibility index (Phi) is 2.76. The fourth-order valence-corrected chi connectivity index (χ4v) is 1.49. The molecule has 0 aliphatic heterocycles. The Morgan fingerprint density at radius 1 is 1.62 bits per heavy atom. The summed E-state index contributed by atoms with van der Waals surface area (Å²) in [4.78, 5) is 11.4. The molecule has 5 nitrogen and oxygen atoms in total. The number of carbonyl (C=O) groups excluding carboxylic acids is 1. The molecule has 0 aromatic carbocycles. The molecule has 0 aliphatic carbocycles. The largest absolute Gasteiger partial charge is 0.461 e. The molecule has 5 heteroatoms. The molecule has 2 aromatic heterocycles. The summed E-state index contributed by atoms with van der Waals surface area (Å²) in [5.41, 5.74) is 2.06. The number of aryl methyl sites for hydroxylation is 1. The third kappa shape index (κ3) is 1.84. The van der Waals surface area contributed by atoms with Crippen LogP contribution >= 0.6 is 0 Å². The van der Waals surface area contributed by atoms with Crippen LogP contribution < -0.4 is 0 Å². The normalized spacial score (nSPS) is 10.4.